The topological polar surface area (TPSA) is 97.8 Å². The average molecular weight is 271 g/mol. The second-order valence-electron chi connectivity index (χ2n) is 5.52. The highest BCUT2D eigenvalue weighted by atomic mass is 15.3. The van der Waals surface area contributed by atoms with Crippen LogP contribution in [0.15, 0.2) is 12.7 Å². The van der Waals surface area contributed by atoms with Crippen molar-refractivity contribution in [1.29, 1.82) is 0 Å². The molecule has 3 N–H and O–H groups in total. The van der Waals surface area contributed by atoms with E-state index >= 15 is 0 Å². The number of hydrogen-bond donors (Lipinski definition) is 2. The van der Waals surface area contributed by atoms with Gasteiger partial charge in [0.1, 0.15) is 11.8 Å². The van der Waals surface area contributed by atoms with Crippen molar-refractivity contribution in [2.75, 3.05) is 0 Å². The van der Waals surface area contributed by atoms with Crippen LogP contribution in [0, 0.1) is 5.92 Å². The summed E-state index contributed by atoms with van der Waals surface area (Å²) in [5.74, 6) is 1.30. The minimum Gasteiger partial charge on any atom is -0.340 e. The number of imidazole rings is 1. The maximum absolute atomic E-state index is 6.42. The summed E-state index contributed by atoms with van der Waals surface area (Å²) in [5.41, 5.74) is 8.63. The van der Waals surface area contributed by atoms with Crippen LogP contribution in [-0.4, -0.2) is 29.5 Å². The Bertz CT molecular complexity index is 737. The molecule has 1 aliphatic rings. The summed E-state index contributed by atoms with van der Waals surface area (Å²) in [6.07, 6.45) is 9.53. The zero-order valence-corrected chi connectivity index (χ0v) is 11.2. The van der Waals surface area contributed by atoms with Crippen molar-refractivity contribution < 1.29 is 0 Å². The Kier molecular flexibility index (Phi) is 2.66. The van der Waals surface area contributed by atoms with Crippen LogP contribution >= 0.6 is 0 Å². The van der Waals surface area contributed by atoms with Crippen LogP contribution in [0.1, 0.15) is 44.0 Å². The van der Waals surface area contributed by atoms with E-state index < -0.39 is 0 Å². The Labute approximate surface area is 115 Å². The summed E-state index contributed by atoms with van der Waals surface area (Å²) in [6, 6.07) is -0.0764. The van der Waals surface area contributed by atoms with Gasteiger partial charge in [-0.1, -0.05) is 19.3 Å². The molecule has 3 aromatic heterocycles. The fraction of sp³-hybridized carbons (Fsp3) is 0.538. The van der Waals surface area contributed by atoms with E-state index in [9.17, 15) is 0 Å². The van der Waals surface area contributed by atoms with Crippen LogP contribution in [0.3, 0.4) is 0 Å². The van der Waals surface area contributed by atoms with E-state index in [1.165, 1.54) is 32.1 Å². The highest BCUT2D eigenvalue weighted by Crippen LogP contribution is 2.32. The standard InChI is InChI=1S/C13H17N7/c14-9(8-4-2-1-3-5-8)12-18-19-13-10-11(16-6-15-10)17-7-20(12)13/h6-9H,1-5,14H2,(H,15,16). The fourth-order valence-electron chi connectivity index (χ4n) is 3.18. The Morgan fingerprint density at radius 3 is 2.90 bits per heavy atom. The Balaban J connectivity index is 1.79. The summed E-state index contributed by atoms with van der Waals surface area (Å²) in [4.78, 5) is 11.5. The van der Waals surface area contributed by atoms with Gasteiger partial charge in [0, 0.05) is 0 Å². The lowest BCUT2D eigenvalue weighted by atomic mass is 9.84. The molecule has 1 fully saturated rings. The van der Waals surface area contributed by atoms with Crippen molar-refractivity contribution in [3.63, 3.8) is 0 Å². The summed E-state index contributed by atoms with van der Waals surface area (Å²) in [7, 11) is 0. The van der Waals surface area contributed by atoms with Crippen LogP contribution in [0.5, 0.6) is 0 Å². The highest BCUT2D eigenvalue weighted by Gasteiger charge is 2.26. The first-order valence-electron chi connectivity index (χ1n) is 7.13. The van der Waals surface area contributed by atoms with Gasteiger partial charge in [-0.25, -0.2) is 9.97 Å². The van der Waals surface area contributed by atoms with E-state index in [0.717, 1.165) is 17.0 Å². The Morgan fingerprint density at radius 1 is 1.20 bits per heavy atom. The fourth-order valence-corrected chi connectivity index (χ4v) is 3.18. The number of aromatic amines is 1. The van der Waals surface area contributed by atoms with Gasteiger partial charge in [0.05, 0.1) is 12.4 Å². The zero-order valence-electron chi connectivity index (χ0n) is 11.2. The molecule has 1 aliphatic carbocycles. The number of nitrogens with one attached hydrogen (secondary N) is 1. The van der Waals surface area contributed by atoms with Crippen molar-refractivity contribution in [2.45, 2.75) is 38.1 Å². The quantitative estimate of drug-likeness (QED) is 0.737. The molecule has 7 nitrogen and oxygen atoms in total. The minimum atomic E-state index is -0.0764. The second kappa shape index (κ2) is 4.52. The molecule has 0 amide bonds. The molecule has 20 heavy (non-hydrogen) atoms. The third-order valence-corrected chi connectivity index (χ3v) is 4.32. The largest absolute Gasteiger partial charge is 0.340 e. The van der Waals surface area contributed by atoms with Crippen LogP contribution < -0.4 is 5.73 Å². The molecule has 0 bridgehead atoms. The predicted octanol–water partition coefficient (Wildman–Crippen LogP) is 1.58. The molecule has 4 rings (SSSR count). The number of aromatic nitrogens is 6. The van der Waals surface area contributed by atoms with Gasteiger partial charge in [0.15, 0.2) is 17.1 Å². The summed E-state index contributed by atoms with van der Waals surface area (Å²) < 4.78 is 1.89. The molecular weight excluding hydrogens is 254 g/mol. The lowest BCUT2D eigenvalue weighted by molar-refractivity contribution is 0.299. The van der Waals surface area contributed by atoms with Gasteiger partial charge < -0.3 is 10.7 Å². The monoisotopic (exact) mass is 271 g/mol. The smallest absolute Gasteiger partial charge is 0.189 e. The van der Waals surface area contributed by atoms with E-state index in [4.69, 9.17) is 5.73 Å². The van der Waals surface area contributed by atoms with E-state index in [-0.39, 0.29) is 6.04 Å². The molecule has 3 aromatic rings. The number of nitrogens with zero attached hydrogens (tertiary/aromatic N) is 5. The number of H-pyrrole nitrogens is 1. The molecule has 1 unspecified atom stereocenters. The molecule has 104 valence electrons. The first-order valence-corrected chi connectivity index (χ1v) is 7.13. The molecule has 0 saturated heterocycles. The van der Waals surface area contributed by atoms with E-state index in [1.54, 1.807) is 12.7 Å². The van der Waals surface area contributed by atoms with E-state index in [0.29, 0.717) is 11.6 Å². The SMILES string of the molecule is NC(c1nnc2c3[nH]cnc3ncn12)C1CCCCC1. The molecule has 0 radical (unpaired) electrons. The maximum Gasteiger partial charge on any atom is 0.189 e. The van der Waals surface area contributed by atoms with Crippen molar-refractivity contribution in [2.24, 2.45) is 11.7 Å². The van der Waals surface area contributed by atoms with Gasteiger partial charge in [-0.2, -0.15) is 0 Å². The average Bonchev–Trinajstić information content (AvgIpc) is 3.13. The van der Waals surface area contributed by atoms with E-state index in [2.05, 4.69) is 25.1 Å². The number of hydrogen-bond acceptors (Lipinski definition) is 5. The van der Waals surface area contributed by atoms with Gasteiger partial charge in [-0.3, -0.25) is 4.40 Å². The Morgan fingerprint density at radius 2 is 2.05 bits per heavy atom. The van der Waals surface area contributed by atoms with E-state index in [1.807, 2.05) is 4.40 Å². The third-order valence-electron chi connectivity index (χ3n) is 4.32. The van der Waals surface area contributed by atoms with Crippen LogP contribution in [-0.2, 0) is 0 Å². The third kappa shape index (κ3) is 1.70. The van der Waals surface area contributed by atoms with Crippen LogP contribution in [0.25, 0.3) is 16.8 Å². The van der Waals surface area contributed by atoms with Crippen LogP contribution in [0.2, 0.25) is 0 Å². The highest BCUT2D eigenvalue weighted by molar-refractivity contribution is 5.84. The number of fused-ring (bicyclic) bond motifs is 3. The first kappa shape index (κ1) is 11.8. The zero-order chi connectivity index (χ0) is 13.5. The second-order valence-corrected chi connectivity index (χ2v) is 5.52. The van der Waals surface area contributed by atoms with Crippen molar-refractivity contribution >= 4 is 16.8 Å². The lowest BCUT2D eigenvalue weighted by Gasteiger charge is -2.26. The number of nitrogens with two attached hydrogens (primary N) is 1. The Hall–Kier alpha value is -2.02. The number of rotatable bonds is 2. The normalized spacial score (nSPS) is 18.9. The molecule has 3 heterocycles. The summed E-state index contributed by atoms with van der Waals surface area (Å²) in [6.45, 7) is 0. The van der Waals surface area contributed by atoms with Gasteiger partial charge in [-0.05, 0) is 18.8 Å². The molecule has 7 heteroatoms. The minimum absolute atomic E-state index is 0.0764. The van der Waals surface area contributed by atoms with Gasteiger partial charge >= 0.3 is 0 Å². The maximum atomic E-state index is 6.42. The van der Waals surface area contributed by atoms with Crippen molar-refractivity contribution in [1.82, 2.24) is 29.5 Å². The molecule has 0 aromatic carbocycles. The molecule has 0 aliphatic heterocycles. The van der Waals surface area contributed by atoms with Gasteiger partial charge in [0.2, 0.25) is 0 Å². The molecule has 1 atom stereocenters. The molecule has 1 saturated carbocycles. The van der Waals surface area contributed by atoms with Crippen molar-refractivity contribution in [3.05, 3.63) is 18.5 Å². The van der Waals surface area contributed by atoms with Crippen molar-refractivity contribution in [3.8, 4) is 0 Å². The summed E-state index contributed by atoms with van der Waals surface area (Å²) in [5, 5.41) is 8.56. The predicted molar refractivity (Wildman–Crippen MR) is 73.9 cm³/mol. The lowest BCUT2D eigenvalue weighted by Crippen LogP contribution is -2.25. The van der Waals surface area contributed by atoms with Crippen LogP contribution in [0.4, 0.5) is 0 Å². The van der Waals surface area contributed by atoms with Gasteiger partial charge in [-0.15, -0.1) is 10.2 Å². The molecular formula is C13H17N7. The van der Waals surface area contributed by atoms with Gasteiger partial charge in [0.25, 0.3) is 0 Å². The first-order chi connectivity index (χ1) is 9.84. The summed E-state index contributed by atoms with van der Waals surface area (Å²) >= 11 is 0. The molecule has 0 spiro atoms.